The molecule has 4 nitrogen and oxygen atoms in total. The SMILES string of the molecule is O=C(O)C1(C(=O)O)C=CC=CCCC1. The second-order valence-corrected chi connectivity index (χ2v) is 3.26. The number of carboxylic acids is 2. The minimum atomic E-state index is -1.75. The third-order valence-electron chi connectivity index (χ3n) is 2.33. The molecule has 0 aromatic rings. The predicted octanol–water partition coefficient (Wildman–Crippen LogP) is 1.44. The van der Waals surface area contributed by atoms with Crippen molar-refractivity contribution in [3.63, 3.8) is 0 Å². The number of hydrogen-bond acceptors (Lipinski definition) is 2. The minimum Gasteiger partial charge on any atom is -0.480 e. The topological polar surface area (TPSA) is 74.6 Å². The molecule has 1 aliphatic rings. The van der Waals surface area contributed by atoms with Crippen LogP contribution in [0.2, 0.25) is 0 Å². The Bertz CT molecular complexity index is 287. The van der Waals surface area contributed by atoms with E-state index in [0.29, 0.717) is 12.8 Å². The maximum absolute atomic E-state index is 10.9. The van der Waals surface area contributed by atoms with Gasteiger partial charge < -0.3 is 10.2 Å². The molecule has 0 aromatic heterocycles. The van der Waals surface area contributed by atoms with Gasteiger partial charge in [0.05, 0.1) is 0 Å². The molecule has 76 valence electrons. The van der Waals surface area contributed by atoms with Crippen molar-refractivity contribution in [1.29, 1.82) is 0 Å². The Labute approximate surface area is 81.6 Å². The molecule has 0 spiro atoms. The van der Waals surface area contributed by atoms with Gasteiger partial charge in [-0.3, -0.25) is 9.59 Å². The highest BCUT2D eigenvalue weighted by Gasteiger charge is 2.43. The van der Waals surface area contributed by atoms with E-state index in [1.807, 2.05) is 6.08 Å². The zero-order valence-electron chi connectivity index (χ0n) is 7.64. The van der Waals surface area contributed by atoms with Crippen LogP contribution in [0.15, 0.2) is 24.3 Å². The van der Waals surface area contributed by atoms with Gasteiger partial charge in [-0.15, -0.1) is 0 Å². The molecule has 14 heavy (non-hydrogen) atoms. The van der Waals surface area contributed by atoms with Crippen molar-refractivity contribution in [3.05, 3.63) is 24.3 Å². The van der Waals surface area contributed by atoms with Crippen molar-refractivity contribution in [2.75, 3.05) is 0 Å². The zero-order valence-corrected chi connectivity index (χ0v) is 7.64. The summed E-state index contributed by atoms with van der Waals surface area (Å²) in [5.74, 6) is -2.59. The average Bonchev–Trinajstić information content (AvgIpc) is 2.02. The van der Waals surface area contributed by atoms with E-state index in [2.05, 4.69) is 0 Å². The van der Waals surface area contributed by atoms with E-state index in [1.165, 1.54) is 12.2 Å². The highest BCUT2D eigenvalue weighted by molar-refractivity contribution is 6.00. The van der Waals surface area contributed by atoms with E-state index >= 15 is 0 Å². The Morgan fingerprint density at radius 1 is 1.14 bits per heavy atom. The van der Waals surface area contributed by atoms with E-state index in [1.54, 1.807) is 6.08 Å². The Hall–Kier alpha value is -1.58. The second kappa shape index (κ2) is 4.09. The molecular formula is C10H12O4. The maximum atomic E-state index is 10.9. The average molecular weight is 196 g/mol. The van der Waals surface area contributed by atoms with Crippen molar-refractivity contribution in [2.24, 2.45) is 5.41 Å². The summed E-state index contributed by atoms with van der Waals surface area (Å²) in [7, 11) is 0. The van der Waals surface area contributed by atoms with Crippen molar-refractivity contribution in [3.8, 4) is 0 Å². The highest BCUT2D eigenvalue weighted by atomic mass is 16.4. The maximum Gasteiger partial charge on any atom is 0.324 e. The fourth-order valence-electron chi connectivity index (χ4n) is 1.42. The van der Waals surface area contributed by atoms with Gasteiger partial charge in [0.15, 0.2) is 5.41 Å². The smallest absolute Gasteiger partial charge is 0.324 e. The number of aliphatic carboxylic acids is 2. The van der Waals surface area contributed by atoms with Crippen LogP contribution in [0.25, 0.3) is 0 Å². The third kappa shape index (κ3) is 1.84. The number of carbonyl (C=O) groups is 2. The van der Waals surface area contributed by atoms with Crippen molar-refractivity contribution < 1.29 is 19.8 Å². The van der Waals surface area contributed by atoms with E-state index in [4.69, 9.17) is 10.2 Å². The van der Waals surface area contributed by atoms with Crippen LogP contribution in [-0.4, -0.2) is 22.2 Å². The van der Waals surface area contributed by atoms with Crippen LogP contribution < -0.4 is 0 Å². The summed E-state index contributed by atoms with van der Waals surface area (Å²) in [6.45, 7) is 0. The van der Waals surface area contributed by atoms with Crippen LogP contribution in [-0.2, 0) is 9.59 Å². The number of allylic oxidation sites excluding steroid dienone is 3. The molecule has 0 saturated carbocycles. The first-order valence-corrected chi connectivity index (χ1v) is 4.41. The Morgan fingerprint density at radius 2 is 1.79 bits per heavy atom. The molecule has 4 heteroatoms. The first-order valence-electron chi connectivity index (χ1n) is 4.41. The molecule has 0 radical (unpaired) electrons. The van der Waals surface area contributed by atoms with Gasteiger partial charge in [-0.2, -0.15) is 0 Å². The molecule has 0 fully saturated rings. The lowest BCUT2D eigenvalue weighted by atomic mass is 9.81. The Kier molecular flexibility index (Phi) is 3.06. The van der Waals surface area contributed by atoms with Crippen molar-refractivity contribution >= 4 is 11.9 Å². The molecular weight excluding hydrogens is 184 g/mol. The van der Waals surface area contributed by atoms with Crippen molar-refractivity contribution in [1.82, 2.24) is 0 Å². The normalized spacial score (nSPS) is 19.7. The molecule has 1 rings (SSSR count). The lowest BCUT2D eigenvalue weighted by molar-refractivity contribution is -0.161. The van der Waals surface area contributed by atoms with Gasteiger partial charge in [-0.05, 0) is 19.3 Å². The first kappa shape index (κ1) is 10.5. The number of carboxylic acid groups (broad SMARTS) is 2. The van der Waals surface area contributed by atoms with Crippen LogP contribution in [0.3, 0.4) is 0 Å². The lowest BCUT2D eigenvalue weighted by Crippen LogP contribution is -2.37. The minimum absolute atomic E-state index is 0.137. The molecule has 0 heterocycles. The van der Waals surface area contributed by atoms with Crippen LogP contribution in [0.4, 0.5) is 0 Å². The third-order valence-corrected chi connectivity index (χ3v) is 2.33. The van der Waals surface area contributed by atoms with Gasteiger partial charge in [-0.25, -0.2) is 0 Å². The molecule has 0 atom stereocenters. The number of hydrogen-bond donors (Lipinski definition) is 2. The van der Waals surface area contributed by atoms with E-state index < -0.39 is 17.4 Å². The Balaban J connectivity index is 3.06. The summed E-state index contributed by atoms with van der Waals surface area (Å²) in [6.07, 6.45) is 7.73. The molecule has 0 unspecified atom stereocenters. The second-order valence-electron chi connectivity index (χ2n) is 3.26. The van der Waals surface area contributed by atoms with Gasteiger partial charge in [0.25, 0.3) is 0 Å². The van der Waals surface area contributed by atoms with E-state index in [0.717, 1.165) is 0 Å². The molecule has 0 aromatic carbocycles. The molecule has 1 aliphatic carbocycles. The van der Waals surface area contributed by atoms with Gasteiger partial charge in [0.2, 0.25) is 0 Å². The van der Waals surface area contributed by atoms with Crippen LogP contribution in [0.1, 0.15) is 19.3 Å². The van der Waals surface area contributed by atoms with E-state index in [9.17, 15) is 9.59 Å². The van der Waals surface area contributed by atoms with Crippen LogP contribution in [0.5, 0.6) is 0 Å². The molecule has 0 bridgehead atoms. The molecule has 0 amide bonds. The van der Waals surface area contributed by atoms with Crippen LogP contribution >= 0.6 is 0 Å². The van der Waals surface area contributed by atoms with Gasteiger partial charge in [-0.1, -0.05) is 24.3 Å². The Morgan fingerprint density at radius 3 is 2.36 bits per heavy atom. The summed E-state index contributed by atoms with van der Waals surface area (Å²) >= 11 is 0. The van der Waals surface area contributed by atoms with Gasteiger partial charge >= 0.3 is 11.9 Å². The van der Waals surface area contributed by atoms with Gasteiger partial charge in [0.1, 0.15) is 0 Å². The van der Waals surface area contributed by atoms with Crippen molar-refractivity contribution in [2.45, 2.75) is 19.3 Å². The summed E-state index contributed by atoms with van der Waals surface area (Å²) in [6, 6.07) is 0. The summed E-state index contributed by atoms with van der Waals surface area (Å²) in [5.41, 5.74) is -1.75. The predicted molar refractivity (Wildman–Crippen MR) is 49.8 cm³/mol. The molecule has 0 aliphatic heterocycles. The van der Waals surface area contributed by atoms with E-state index in [-0.39, 0.29) is 6.42 Å². The summed E-state index contributed by atoms with van der Waals surface area (Å²) in [5, 5.41) is 17.8. The highest BCUT2D eigenvalue weighted by Crippen LogP contribution is 2.29. The standard InChI is InChI=1S/C10H12O4/c11-8(12)10(9(13)14)6-4-2-1-3-5-7-10/h1-2,4,6H,3,5,7H2,(H,11,12)(H,13,14). The number of rotatable bonds is 2. The fourth-order valence-corrected chi connectivity index (χ4v) is 1.42. The fraction of sp³-hybridized carbons (Fsp3) is 0.400. The first-order chi connectivity index (χ1) is 6.59. The molecule has 0 saturated heterocycles. The quantitative estimate of drug-likeness (QED) is 0.655. The zero-order chi connectivity index (χ0) is 10.6. The monoisotopic (exact) mass is 196 g/mol. The lowest BCUT2D eigenvalue weighted by Gasteiger charge is -2.21. The summed E-state index contributed by atoms with van der Waals surface area (Å²) < 4.78 is 0. The van der Waals surface area contributed by atoms with Crippen LogP contribution in [0, 0.1) is 5.41 Å². The largest absolute Gasteiger partial charge is 0.480 e. The van der Waals surface area contributed by atoms with Gasteiger partial charge in [0, 0.05) is 0 Å². The summed E-state index contributed by atoms with van der Waals surface area (Å²) in [4.78, 5) is 21.9. The molecule has 2 N–H and O–H groups in total.